The molecule has 0 spiro atoms. The summed E-state index contributed by atoms with van der Waals surface area (Å²) in [5.41, 5.74) is -0.489. The molecular formula is C11H12KNO6S. The van der Waals surface area contributed by atoms with Crippen molar-refractivity contribution in [1.29, 1.82) is 0 Å². The van der Waals surface area contributed by atoms with Crippen LogP contribution >= 0.6 is 0 Å². The van der Waals surface area contributed by atoms with E-state index in [4.69, 9.17) is 10.2 Å². The number of hydrogen-bond acceptors (Lipinski definition) is 6. The van der Waals surface area contributed by atoms with Gasteiger partial charge >= 0.3 is 57.4 Å². The van der Waals surface area contributed by atoms with E-state index in [0.717, 1.165) is 25.1 Å². The number of aliphatic hydroxyl groups is 1. The van der Waals surface area contributed by atoms with Crippen molar-refractivity contribution in [1.82, 2.24) is 0 Å². The molecule has 0 fully saturated rings. The summed E-state index contributed by atoms with van der Waals surface area (Å²) in [7, 11) is -3.73. The van der Waals surface area contributed by atoms with Crippen LogP contribution in [0.5, 0.6) is 0 Å². The predicted octanol–water partition coefficient (Wildman–Crippen LogP) is -3.43. The number of nitrogens with zero attached hydrogens (tertiary/aromatic N) is 1. The fourth-order valence-corrected chi connectivity index (χ4v) is 2.43. The molecule has 7 nitrogen and oxygen atoms in total. The average Bonchev–Trinajstić information content (AvgIpc) is 2.27. The Balaban J connectivity index is 0.00000361. The minimum atomic E-state index is -3.73. The number of aliphatic imine (C=N–C) groups is 1. The van der Waals surface area contributed by atoms with E-state index in [9.17, 15) is 18.3 Å². The van der Waals surface area contributed by atoms with Crippen molar-refractivity contribution in [3.63, 3.8) is 0 Å². The monoisotopic (exact) mass is 325 g/mol. The maximum atomic E-state index is 11.7. The van der Waals surface area contributed by atoms with Crippen LogP contribution in [0.15, 0.2) is 28.1 Å². The molecule has 0 saturated heterocycles. The van der Waals surface area contributed by atoms with Crippen molar-refractivity contribution in [2.24, 2.45) is 4.99 Å². The van der Waals surface area contributed by atoms with Crippen molar-refractivity contribution in [3.8, 4) is 0 Å². The Morgan fingerprint density at radius 1 is 1.40 bits per heavy atom. The summed E-state index contributed by atoms with van der Waals surface area (Å²) in [5.74, 6) is -2.44. The molecule has 0 aliphatic rings. The van der Waals surface area contributed by atoms with Gasteiger partial charge in [0.2, 0.25) is 0 Å². The summed E-state index contributed by atoms with van der Waals surface area (Å²) < 4.78 is 23.4. The molecule has 9 heteroatoms. The summed E-state index contributed by atoms with van der Waals surface area (Å²) in [6.07, 6.45) is 0. The zero-order valence-corrected chi connectivity index (χ0v) is 15.0. The fourth-order valence-electron chi connectivity index (χ4n) is 1.39. The molecule has 104 valence electrons. The summed E-state index contributed by atoms with van der Waals surface area (Å²) in [4.78, 5) is 14.2. The number of carbonyl (C=O) groups is 1. The number of aromatic carboxylic acids is 1. The van der Waals surface area contributed by atoms with E-state index < -0.39 is 34.1 Å². The molecule has 0 amide bonds. The Labute approximate surface area is 158 Å². The minimum absolute atomic E-state index is 0. The second kappa shape index (κ2) is 8.22. The van der Waals surface area contributed by atoms with Crippen molar-refractivity contribution in [3.05, 3.63) is 23.8 Å². The van der Waals surface area contributed by atoms with Crippen molar-refractivity contribution < 1.29 is 79.9 Å². The van der Waals surface area contributed by atoms with Crippen LogP contribution in [-0.2, 0) is 9.84 Å². The number of hydrogen-bond donors (Lipinski definition) is 2. The van der Waals surface area contributed by atoms with Gasteiger partial charge in [-0.05, 0) is 31.0 Å². The van der Waals surface area contributed by atoms with E-state index >= 15 is 0 Å². The first-order valence-electron chi connectivity index (χ1n) is 5.21. The number of rotatable bonds is 5. The molecule has 0 aromatic heterocycles. The van der Waals surface area contributed by atoms with E-state index in [1.807, 2.05) is 0 Å². The zero-order chi connectivity index (χ0) is 14.6. The quantitative estimate of drug-likeness (QED) is 0.329. The number of aliphatic hydroxyl groups excluding tert-OH is 1. The summed E-state index contributed by atoms with van der Waals surface area (Å²) in [6, 6.07) is 3.18. The van der Waals surface area contributed by atoms with Gasteiger partial charge in [0, 0.05) is 0 Å². The van der Waals surface area contributed by atoms with E-state index in [1.165, 1.54) is 0 Å². The van der Waals surface area contributed by atoms with Gasteiger partial charge in [-0.25, -0.2) is 13.2 Å². The summed E-state index contributed by atoms with van der Waals surface area (Å²) in [5, 5.41) is 28.5. The Kier molecular flexibility index (Phi) is 8.10. The van der Waals surface area contributed by atoms with Crippen molar-refractivity contribution >= 4 is 27.4 Å². The van der Waals surface area contributed by atoms with Crippen LogP contribution in [0.4, 0.5) is 5.69 Å². The zero-order valence-electron chi connectivity index (χ0n) is 11.0. The first-order chi connectivity index (χ1) is 8.77. The summed E-state index contributed by atoms with van der Waals surface area (Å²) >= 11 is 0. The van der Waals surface area contributed by atoms with Crippen molar-refractivity contribution in [2.75, 3.05) is 12.4 Å². The average molecular weight is 325 g/mol. The molecule has 1 aromatic rings. The smallest absolute Gasteiger partial charge is 0.862 e. The van der Waals surface area contributed by atoms with E-state index in [-0.39, 0.29) is 67.5 Å². The number of carboxylic acids is 1. The molecule has 1 aromatic carbocycles. The molecule has 0 radical (unpaired) electrons. The van der Waals surface area contributed by atoms with Gasteiger partial charge in [-0.2, -0.15) is 0 Å². The second-order valence-electron chi connectivity index (χ2n) is 3.66. The second-order valence-corrected chi connectivity index (χ2v) is 5.77. The third-order valence-electron chi connectivity index (χ3n) is 2.20. The number of benzene rings is 1. The van der Waals surface area contributed by atoms with Gasteiger partial charge in [0.1, 0.15) is 0 Å². The minimum Gasteiger partial charge on any atom is -0.862 e. The van der Waals surface area contributed by atoms with Crippen LogP contribution < -0.4 is 56.5 Å². The Morgan fingerprint density at radius 3 is 2.45 bits per heavy atom. The van der Waals surface area contributed by atoms with Crippen LogP contribution in [-0.4, -0.2) is 42.9 Å². The summed E-state index contributed by atoms with van der Waals surface area (Å²) in [6.45, 7) is 0.572. The molecular weight excluding hydrogens is 313 g/mol. The number of carboxylic acid groups (broad SMARTS) is 1. The van der Waals surface area contributed by atoms with Gasteiger partial charge in [0.25, 0.3) is 0 Å². The van der Waals surface area contributed by atoms with E-state index in [2.05, 4.69) is 4.99 Å². The van der Waals surface area contributed by atoms with Crippen molar-refractivity contribution in [2.45, 2.75) is 11.8 Å². The van der Waals surface area contributed by atoms with Crippen LogP contribution in [0.3, 0.4) is 0 Å². The molecule has 2 N–H and O–H groups in total. The third kappa shape index (κ3) is 5.24. The standard InChI is InChI=1S/C11H13NO6S.K/c1-7(14)12-10-6-8(19(17,18)5-4-13)2-3-9(10)11(15)16;/h2-3,6,13H,4-5H2,1H3,(H,12,14)(H,15,16);/q;+1/p-1. The molecule has 0 bridgehead atoms. The Morgan fingerprint density at radius 2 is 2.00 bits per heavy atom. The van der Waals surface area contributed by atoms with Gasteiger partial charge in [0.05, 0.1) is 28.5 Å². The fraction of sp³-hybridized carbons (Fsp3) is 0.273. The molecule has 0 atom stereocenters. The molecule has 0 heterocycles. The molecule has 0 aliphatic carbocycles. The van der Waals surface area contributed by atoms with Crippen LogP contribution in [0.2, 0.25) is 0 Å². The first kappa shape index (κ1) is 19.7. The first-order valence-corrected chi connectivity index (χ1v) is 6.86. The van der Waals surface area contributed by atoms with Crippen LogP contribution in [0.1, 0.15) is 17.3 Å². The topological polar surface area (TPSA) is 127 Å². The van der Waals surface area contributed by atoms with Gasteiger partial charge in [-0.1, -0.05) is 0 Å². The van der Waals surface area contributed by atoms with Crippen LogP contribution in [0.25, 0.3) is 0 Å². The Bertz CT molecular complexity index is 622. The van der Waals surface area contributed by atoms with Gasteiger partial charge in [0.15, 0.2) is 9.84 Å². The molecule has 0 aliphatic heterocycles. The SMILES string of the molecule is CC([O-])=Nc1cc(S(=O)(=O)CCO)ccc1C(=O)O.[K+]. The molecule has 20 heavy (non-hydrogen) atoms. The van der Waals surface area contributed by atoms with E-state index in [0.29, 0.717) is 0 Å². The normalized spacial score (nSPS) is 11.8. The molecule has 0 saturated carbocycles. The maximum absolute atomic E-state index is 11.7. The van der Waals surface area contributed by atoms with Gasteiger partial charge in [-0.15, -0.1) is 0 Å². The number of sulfone groups is 1. The van der Waals surface area contributed by atoms with Gasteiger partial charge in [-0.3, -0.25) is 4.99 Å². The predicted molar refractivity (Wildman–Crippen MR) is 65.3 cm³/mol. The maximum Gasteiger partial charge on any atom is 1.00 e. The van der Waals surface area contributed by atoms with E-state index in [1.54, 1.807) is 0 Å². The van der Waals surface area contributed by atoms with Gasteiger partial charge < -0.3 is 15.3 Å². The third-order valence-corrected chi connectivity index (χ3v) is 3.89. The molecule has 0 unspecified atom stereocenters. The van der Waals surface area contributed by atoms with Crippen LogP contribution in [0, 0.1) is 0 Å². The Hall–Kier alpha value is -0.294. The largest absolute Gasteiger partial charge is 1.00 e. The molecule has 1 rings (SSSR count).